The van der Waals surface area contributed by atoms with E-state index in [9.17, 15) is 22.0 Å². The second-order valence-corrected chi connectivity index (χ2v) is 6.35. The van der Waals surface area contributed by atoms with Crippen LogP contribution in [-0.2, 0) is 10.0 Å². The van der Waals surface area contributed by atoms with Crippen LogP contribution in [0, 0.1) is 11.6 Å². The number of carbonyl (C=O) groups excluding carboxylic acids is 1. The van der Waals surface area contributed by atoms with Crippen LogP contribution in [0.5, 0.6) is 17.4 Å². The molecule has 1 N–H and O–H groups in total. The molecule has 1 heterocycles. The van der Waals surface area contributed by atoms with Gasteiger partial charge in [-0.1, -0.05) is 0 Å². The second-order valence-electron chi connectivity index (χ2n) is 4.60. The molecule has 1 amide bonds. The molecule has 0 fully saturated rings. The molecule has 1 aromatic carbocycles. The molecule has 24 heavy (non-hydrogen) atoms. The van der Waals surface area contributed by atoms with Crippen molar-refractivity contribution in [3.05, 3.63) is 47.7 Å². The smallest absolute Gasteiger partial charge is 0.267 e. The maximum atomic E-state index is 14.0. The number of sulfonamides is 1. The van der Waals surface area contributed by atoms with Gasteiger partial charge in [-0.2, -0.15) is 0 Å². The first-order valence-corrected chi connectivity index (χ1v) is 8.28. The van der Waals surface area contributed by atoms with Crippen molar-refractivity contribution in [2.45, 2.75) is 0 Å². The number of ether oxygens (including phenoxy) is 2. The summed E-state index contributed by atoms with van der Waals surface area (Å²) in [5, 5.41) is 0. The van der Waals surface area contributed by atoms with Crippen LogP contribution in [0.15, 0.2) is 30.5 Å². The molecular weight excluding hydrogens is 346 g/mol. The van der Waals surface area contributed by atoms with Crippen LogP contribution in [-0.4, -0.2) is 32.7 Å². The number of nitrogens with one attached hydrogen (secondary N) is 1. The van der Waals surface area contributed by atoms with E-state index in [0.29, 0.717) is 24.3 Å². The van der Waals surface area contributed by atoms with Crippen molar-refractivity contribution in [2.24, 2.45) is 0 Å². The van der Waals surface area contributed by atoms with Crippen molar-refractivity contribution < 1.29 is 31.5 Å². The van der Waals surface area contributed by atoms with E-state index >= 15 is 0 Å². The summed E-state index contributed by atoms with van der Waals surface area (Å²) in [6.07, 6.45) is 1.95. The minimum Gasteiger partial charge on any atom is -0.481 e. The molecule has 0 atom stereocenters. The van der Waals surface area contributed by atoms with Gasteiger partial charge in [-0.15, -0.1) is 0 Å². The summed E-state index contributed by atoms with van der Waals surface area (Å²) in [7, 11) is -2.49. The zero-order valence-corrected chi connectivity index (χ0v) is 13.4. The quantitative estimate of drug-likeness (QED) is 0.877. The Bertz CT molecular complexity index is 869. The van der Waals surface area contributed by atoms with E-state index in [1.807, 2.05) is 0 Å². The first-order chi connectivity index (χ1) is 11.2. The van der Waals surface area contributed by atoms with Crippen LogP contribution in [0.1, 0.15) is 10.4 Å². The fourth-order valence-electron chi connectivity index (χ4n) is 1.68. The van der Waals surface area contributed by atoms with Gasteiger partial charge in [0.05, 0.1) is 25.1 Å². The zero-order chi connectivity index (χ0) is 17.9. The predicted octanol–water partition coefficient (Wildman–Crippen LogP) is 1.85. The minimum atomic E-state index is -3.91. The average Bonchev–Trinajstić information content (AvgIpc) is 2.49. The summed E-state index contributed by atoms with van der Waals surface area (Å²) in [5.41, 5.74) is -0.766. The molecular formula is C14H12F2N2O5S. The lowest BCUT2D eigenvalue weighted by Crippen LogP contribution is -2.30. The SMILES string of the molecule is COc1ccc(Oc2cc(F)c(C(=O)NS(C)(=O)=O)cc2F)cn1. The lowest BCUT2D eigenvalue weighted by molar-refractivity contribution is 0.0977. The zero-order valence-electron chi connectivity index (χ0n) is 12.5. The van der Waals surface area contributed by atoms with E-state index in [2.05, 4.69) is 4.98 Å². The maximum Gasteiger partial charge on any atom is 0.267 e. The molecule has 0 radical (unpaired) electrons. The Balaban J connectivity index is 2.27. The van der Waals surface area contributed by atoms with E-state index in [-0.39, 0.29) is 5.75 Å². The number of hydrogen-bond acceptors (Lipinski definition) is 6. The highest BCUT2D eigenvalue weighted by Gasteiger charge is 2.19. The van der Waals surface area contributed by atoms with Crippen LogP contribution in [0.3, 0.4) is 0 Å². The molecule has 2 rings (SSSR count). The van der Waals surface area contributed by atoms with E-state index < -0.39 is 38.9 Å². The van der Waals surface area contributed by atoms with Crippen molar-refractivity contribution in [1.82, 2.24) is 9.71 Å². The molecule has 128 valence electrons. The van der Waals surface area contributed by atoms with Crippen LogP contribution in [0.4, 0.5) is 8.78 Å². The molecule has 0 aliphatic carbocycles. The molecule has 0 spiro atoms. The van der Waals surface area contributed by atoms with Crippen molar-refractivity contribution in [3.8, 4) is 17.4 Å². The highest BCUT2D eigenvalue weighted by atomic mass is 32.2. The number of benzene rings is 1. The third-order valence-corrected chi connectivity index (χ3v) is 3.25. The Morgan fingerprint density at radius 1 is 1.21 bits per heavy atom. The highest BCUT2D eigenvalue weighted by Crippen LogP contribution is 2.27. The van der Waals surface area contributed by atoms with Crippen molar-refractivity contribution in [1.29, 1.82) is 0 Å². The number of hydrogen-bond donors (Lipinski definition) is 1. The molecule has 0 unspecified atom stereocenters. The Labute approximate surface area is 136 Å². The lowest BCUT2D eigenvalue weighted by Gasteiger charge is -2.09. The van der Waals surface area contributed by atoms with E-state index in [4.69, 9.17) is 9.47 Å². The number of methoxy groups -OCH3 is 1. The highest BCUT2D eigenvalue weighted by molar-refractivity contribution is 7.89. The topological polar surface area (TPSA) is 94.6 Å². The number of carbonyl (C=O) groups is 1. The van der Waals surface area contributed by atoms with Crippen LogP contribution < -0.4 is 14.2 Å². The second kappa shape index (κ2) is 6.79. The largest absolute Gasteiger partial charge is 0.481 e. The molecule has 0 bridgehead atoms. The number of halogens is 2. The molecule has 0 saturated heterocycles. The van der Waals surface area contributed by atoms with Crippen LogP contribution >= 0.6 is 0 Å². The number of rotatable bonds is 5. The summed E-state index contributed by atoms with van der Waals surface area (Å²) in [4.78, 5) is 15.4. The Hall–Kier alpha value is -2.75. The Kier molecular flexibility index (Phi) is 4.98. The Morgan fingerprint density at radius 2 is 1.92 bits per heavy atom. The minimum absolute atomic E-state index is 0.113. The fourth-order valence-corrected chi connectivity index (χ4v) is 2.13. The van der Waals surface area contributed by atoms with Gasteiger partial charge in [0, 0.05) is 12.1 Å². The summed E-state index contributed by atoms with van der Waals surface area (Å²) in [6.45, 7) is 0. The maximum absolute atomic E-state index is 14.0. The molecule has 7 nitrogen and oxygen atoms in total. The Morgan fingerprint density at radius 3 is 2.46 bits per heavy atom. The van der Waals surface area contributed by atoms with E-state index in [1.54, 1.807) is 4.72 Å². The summed E-state index contributed by atoms with van der Waals surface area (Å²) in [6, 6.07) is 4.06. The molecule has 0 aliphatic heterocycles. The lowest BCUT2D eigenvalue weighted by atomic mass is 10.2. The number of nitrogens with zero attached hydrogens (tertiary/aromatic N) is 1. The van der Waals surface area contributed by atoms with Crippen molar-refractivity contribution in [2.75, 3.05) is 13.4 Å². The molecule has 0 aliphatic rings. The van der Waals surface area contributed by atoms with Crippen molar-refractivity contribution in [3.63, 3.8) is 0 Å². The number of aromatic nitrogens is 1. The van der Waals surface area contributed by atoms with Crippen LogP contribution in [0.2, 0.25) is 0 Å². The third kappa shape index (κ3) is 4.38. The van der Waals surface area contributed by atoms with Gasteiger partial charge in [0.1, 0.15) is 11.6 Å². The monoisotopic (exact) mass is 358 g/mol. The molecule has 2 aromatic rings. The van der Waals surface area contributed by atoms with Gasteiger partial charge >= 0.3 is 0 Å². The first-order valence-electron chi connectivity index (χ1n) is 6.38. The summed E-state index contributed by atoms with van der Waals surface area (Å²) < 4.78 is 61.4. The first kappa shape index (κ1) is 17.6. The number of pyridine rings is 1. The third-order valence-electron chi connectivity index (χ3n) is 2.69. The van der Waals surface area contributed by atoms with Gasteiger partial charge < -0.3 is 9.47 Å². The van der Waals surface area contributed by atoms with Crippen molar-refractivity contribution >= 4 is 15.9 Å². The standard InChI is InChI=1S/C14H12F2N2O5S/c1-22-13-4-3-8(7-17-13)23-12-6-10(15)9(5-11(12)16)14(19)18-24(2,20)21/h3-7H,1-2H3,(H,18,19). The van der Waals surface area contributed by atoms with Gasteiger partial charge in [-0.3, -0.25) is 4.79 Å². The molecule has 10 heteroatoms. The van der Waals surface area contributed by atoms with Crippen LogP contribution in [0.25, 0.3) is 0 Å². The van der Waals surface area contributed by atoms with E-state index in [0.717, 1.165) is 0 Å². The van der Waals surface area contributed by atoms with Gasteiger partial charge in [-0.25, -0.2) is 26.9 Å². The fraction of sp³-hybridized carbons (Fsp3) is 0.143. The molecule has 1 aromatic heterocycles. The number of amides is 1. The normalized spacial score (nSPS) is 11.0. The van der Waals surface area contributed by atoms with Gasteiger partial charge in [0.25, 0.3) is 5.91 Å². The molecule has 0 saturated carbocycles. The van der Waals surface area contributed by atoms with Gasteiger partial charge in [0.2, 0.25) is 15.9 Å². The van der Waals surface area contributed by atoms with E-state index in [1.165, 1.54) is 25.4 Å². The predicted molar refractivity (Wildman–Crippen MR) is 79.5 cm³/mol. The van der Waals surface area contributed by atoms with Gasteiger partial charge in [0.15, 0.2) is 11.6 Å². The van der Waals surface area contributed by atoms with Gasteiger partial charge in [-0.05, 0) is 12.1 Å². The average molecular weight is 358 g/mol. The summed E-state index contributed by atoms with van der Waals surface area (Å²) >= 11 is 0. The summed E-state index contributed by atoms with van der Waals surface area (Å²) in [5.74, 6) is -3.55.